The van der Waals surface area contributed by atoms with E-state index >= 15 is 0 Å². The normalized spacial score (nSPS) is 23.3. The van der Waals surface area contributed by atoms with Crippen LogP contribution in [-0.4, -0.2) is 41.8 Å². The van der Waals surface area contributed by atoms with Crippen LogP contribution in [0, 0.1) is 0 Å². The van der Waals surface area contributed by atoms with Gasteiger partial charge < -0.3 is 31.6 Å². The molecular formula is C21H22BrClN2O3. The van der Waals surface area contributed by atoms with Crippen LogP contribution in [0.25, 0.3) is 0 Å². The van der Waals surface area contributed by atoms with Gasteiger partial charge in [0.05, 0.1) is 6.54 Å². The van der Waals surface area contributed by atoms with Gasteiger partial charge in [-0.2, -0.15) is 0 Å². The molecule has 3 heterocycles. The molecule has 0 fully saturated rings. The number of amidine groups is 1. The molecule has 0 spiro atoms. The second-order valence-corrected chi connectivity index (χ2v) is 7.70. The molecule has 2 aromatic carbocycles. The summed E-state index contributed by atoms with van der Waals surface area (Å²) in [5.41, 5.74) is 0.794. The maximum Gasteiger partial charge on any atom is 0.271 e. The molecule has 7 heteroatoms. The number of rotatable bonds is 2. The first-order chi connectivity index (χ1) is 13.1. The average molecular weight is 466 g/mol. The second-order valence-electron chi connectivity index (χ2n) is 7.26. The molecule has 5 nitrogen and oxygen atoms in total. The largest absolute Gasteiger partial charge is 1.00 e. The van der Waals surface area contributed by atoms with E-state index in [2.05, 4.69) is 9.48 Å². The molecule has 0 saturated carbocycles. The number of nitrogens with zero attached hydrogens (tertiary/aromatic N) is 2. The Balaban J connectivity index is 0.00000192. The molecule has 1 N–H and O–H groups in total. The number of fused-ring (bicyclic) bond motifs is 1. The third kappa shape index (κ3) is 3.17. The molecule has 5 rings (SSSR count). The van der Waals surface area contributed by atoms with E-state index < -0.39 is 5.72 Å². The van der Waals surface area contributed by atoms with Gasteiger partial charge in [0, 0.05) is 17.0 Å². The van der Waals surface area contributed by atoms with Crippen molar-refractivity contribution in [2.45, 2.75) is 25.0 Å². The second kappa shape index (κ2) is 7.58. The first-order valence-electron chi connectivity index (χ1n) is 9.44. The van der Waals surface area contributed by atoms with Gasteiger partial charge >= 0.3 is 0 Å². The van der Waals surface area contributed by atoms with Crippen LogP contribution in [0.2, 0.25) is 5.02 Å². The van der Waals surface area contributed by atoms with E-state index in [1.54, 1.807) is 0 Å². The summed E-state index contributed by atoms with van der Waals surface area (Å²) in [5.74, 6) is 2.61. The molecule has 0 amide bonds. The Hall–Kier alpha value is -1.76. The summed E-state index contributed by atoms with van der Waals surface area (Å²) in [6.45, 7) is 2.41. The van der Waals surface area contributed by atoms with Crippen LogP contribution in [0.1, 0.15) is 24.8 Å². The van der Waals surface area contributed by atoms with E-state index in [1.165, 1.54) is 5.84 Å². The van der Waals surface area contributed by atoms with Crippen molar-refractivity contribution in [2.24, 2.45) is 0 Å². The number of aliphatic hydroxyl groups is 1. The summed E-state index contributed by atoms with van der Waals surface area (Å²) < 4.78 is 13.5. The fraction of sp³-hybridized carbons (Fsp3) is 0.381. The summed E-state index contributed by atoms with van der Waals surface area (Å²) in [7, 11) is 0. The fourth-order valence-corrected chi connectivity index (χ4v) is 4.42. The number of ether oxygens (including phenoxy) is 2. The molecule has 3 aliphatic rings. The molecule has 28 heavy (non-hydrogen) atoms. The van der Waals surface area contributed by atoms with Gasteiger partial charge in [0.25, 0.3) is 11.6 Å². The number of hydrogen-bond donors (Lipinski definition) is 1. The zero-order valence-corrected chi connectivity index (χ0v) is 17.7. The van der Waals surface area contributed by atoms with Crippen LogP contribution < -0.4 is 31.4 Å². The Kier molecular flexibility index (Phi) is 5.29. The summed E-state index contributed by atoms with van der Waals surface area (Å²) in [6.07, 6.45) is 3.16. The number of hydrogen-bond acceptors (Lipinski definition) is 4. The molecule has 0 bridgehead atoms. The molecule has 0 saturated heterocycles. The highest BCUT2D eigenvalue weighted by Gasteiger charge is 2.52. The van der Waals surface area contributed by atoms with Crippen molar-refractivity contribution in [1.29, 1.82) is 0 Å². The molecule has 3 aliphatic heterocycles. The predicted octanol–water partition coefficient (Wildman–Crippen LogP) is 0.375. The van der Waals surface area contributed by atoms with Crippen molar-refractivity contribution >= 4 is 23.1 Å². The van der Waals surface area contributed by atoms with E-state index in [0.717, 1.165) is 42.8 Å². The maximum atomic E-state index is 11.8. The van der Waals surface area contributed by atoms with Crippen molar-refractivity contribution in [2.75, 3.05) is 31.2 Å². The van der Waals surface area contributed by atoms with Gasteiger partial charge in [-0.25, -0.2) is 9.48 Å². The van der Waals surface area contributed by atoms with Gasteiger partial charge in [0.2, 0.25) is 0 Å². The quantitative estimate of drug-likeness (QED) is 0.651. The van der Waals surface area contributed by atoms with E-state index in [0.29, 0.717) is 30.5 Å². The highest BCUT2D eigenvalue weighted by molar-refractivity contribution is 6.30. The minimum atomic E-state index is -1.09. The van der Waals surface area contributed by atoms with Crippen molar-refractivity contribution in [3.05, 3.63) is 53.1 Å². The van der Waals surface area contributed by atoms with Crippen molar-refractivity contribution in [3.8, 4) is 11.5 Å². The van der Waals surface area contributed by atoms with Crippen LogP contribution in [0.3, 0.4) is 0 Å². The average Bonchev–Trinajstić information content (AvgIpc) is 3.03. The number of anilines is 1. The summed E-state index contributed by atoms with van der Waals surface area (Å²) in [4.78, 5) is 2.21. The molecule has 2 aromatic rings. The van der Waals surface area contributed by atoms with Crippen LogP contribution in [0.5, 0.6) is 11.5 Å². The Morgan fingerprint density at radius 3 is 2.54 bits per heavy atom. The van der Waals surface area contributed by atoms with Crippen LogP contribution in [0.4, 0.5) is 5.69 Å². The minimum Gasteiger partial charge on any atom is -1.00 e. The molecular weight excluding hydrogens is 444 g/mol. The zero-order chi connectivity index (χ0) is 18.4. The molecule has 148 valence electrons. The van der Waals surface area contributed by atoms with Crippen molar-refractivity contribution < 1.29 is 36.1 Å². The van der Waals surface area contributed by atoms with E-state index in [4.69, 9.17) is 21.1 Å². The lowest BCUT2D eigenvalue weighted by molar-refractivity contribution is -0.661. The lowest BCUT2D eigenvalue weighted by Gasteiger charge is -2.26. The summed E-state index contributed by atoms with van der Waals surface area (Å²) >= 11 is 6.06. The number of halogens is 2. The summed E-state index contributed by atoms with van der Waals surface area (Å²) in [6, 6.07) is 13.6. The van der Waals surface area contributed by atoms with Crippen LogP contribution >= 0.6 is 11.6 Å². The highest BCUT2D eigenvalue weighted by atomic mass is 79.9. The van der Waals surface area contributed by atoms with Crippen molar-refractivity contribution in [3.63, 3.8) is 0 Å². The third-order valence-corrected chi connectivity index (χ3v) is 5.88. The Bertz CT molecular complexity index is 918. The predicted molar refractivity (Wildman–Crippen MR) is 104 cm³/mol. The lowest BCUT2D eigenvalue weighted by atomic mass is 10.0. The molecule has 1 unspecified atom stereocenters. The molecule has 0 aliphatic carbocycles. The van der Waals surface area contributed by atoms with Crippen LogP contribution in [-0.2, 0) is 5.72 Å². The Morgan fingerprint density at radius 2 is 1.75 bits per heavy atom. The smallest absolute Gasteiger partial charge is 0.271 e. The minimum absolute atomic E-state index is 0. The molecule has 0 aromatic heterocycles. The lowest BCUT2D eigenvalue weighted by Crippen LogP contribution is -3.00. The van der Waals surface area contributed by atoms with Gasteiger partial charge in [0.1, 0.15) is 18.9 Å². The van der Waals surface area contributed by atoms with E-state index in [9.17, 15) is 5.11 Å². The Labute approximate surface area is 179 Å². The first-order valence-corrected chi connectivity index (χ1v) is 9.82. The standard InChI is InChI=1S/C21H22ClN2O3.BrH/c22-16-5-7-17(8-6-16)23-14-21(25,24-10-2-1-3-20(23)24)15-4-9-18-19(13-15)27-12-11-26-18;/h4-9,13,25H,1-3,10-12,14H2;1H/q+1;/p-1. The first kappa shape index (κ1) is 19.6. The highest BCUT2D eigenvalue weighted by Crippen LogP contribution is 2.39. The molecule has 1 atom stereocenters. The van der Waals surface area contributed by atoms with Gasteiger partial charge in [-0.15, -0.1) is 0 Å². The topological polar surface area (TPSA) is 44.9 Å². The maximum absolute atomic E-state index is 11.8. The molecule has 0 radical (unpaired) electrons. The fourth-order valence-electron chi connectivity index (χ4n) is 4.29. The number of benzene rings is 2. The van der Waals surface area contributed by atoms with E-state index in [1.807, 2.05) is 42.5 Å². The zero-order valence-electron chi connectivity index (χ0n) is 15.4. The van der Waals surface area contributed by atoms with Crippen molar-refractivity contribution in [1.82, 2.24) is 0 Å². The van der Waals surface area contributed by atoms with Gasteiger partial charge in [-0.1, -0.05) is 11.6 Å². The number of β-amino-alcohol motifs (C(OH)–C–C–N with tert-alkyl or cyclic N) is 1. The van der Waals surface area contributed by atoms with Gasteiger partial charge in [-0.3, -0.25) is 0 Å². The Morgan fingerprint density at radius 1 is 1.00 bits per heavy atom. The SMILES string of the molecule is OC1(c2ccc3c(c2)OCCO3)CN(c2ccc(Cl)cc2)C2=[N+]1CCCC2.[Br-]. The third-order valence-electron chi connectivity index (χ3n) is 5.62. The monoisotopic (exact) mass is 464 g/mol. The summed E-state index contributed by atoms with van der Waals surface area (Å²) in [5, 5.41) is 12.5. The van der Waals surface area contributed by atoms with E-state index in [-0.39, 0.29) is 17.0 Å². The van der Waals surface area contributed by atoms with Crippen LogP contribution in [0.15, 0.2) is 42.5 Å². The van der Waals surface area contributed by atoms with Gasteiger partial charge in [-0.05, 0) is 55.3 Å². The van der Waals surface area contributed by atoms with Gasteiger partial charge in [0.15, 0.2) is 18.0 Å².